The molecule has 0 fully saturated rings. The van der Waals surface area contributed by atoms with Crippen molar-refractivity contribution in [2.75, 3.05) is 13.2 Å². The summed E-state index contributed by atoms with van der Waals surface area (Å²) in [6.45, 7) is 6.33. The molecular formula is C75H124O6. The first-order valence-corrected chi connectivity index (χ1v) is 33.7. The van der Waals surface area contributed by atoms with Gasteiger partial charge in [0.25, 0.3) is 0 Å². The molecule has 0 radical (unpaired) electrons. The van der Waals surface area contributed by atoms with E-state index in [-0.39, 0.29) is 38.0 Å². The Balaban J connectivity index is 4.44. The number of carbonyl (C=O) groups is 3. The lowest BCUT2D eigenvalue weighted by Crippen LogP contribution is -2.30. The van der Waals surface area contributed by atoms with Crippen molar-refractivity contribution in [1.82, 2.24) is 0 Å². The van der Waals surface area contributed by atoms with Gasteiger partial charge in [-0.3, -0.25) is 14.4 Å². The zero-order valence-electron chi connectivity index (χ0n) is 52.8. The SMILES string of the molecule is CC/C=C\C/C=C\C/C=C\C/C=C\C/C=C\C/C=C\CCCCCCC(=O)OC(COC(=O)C/C=C\C/C=C\C/C=C\C/C=C\C/C=C\CC)COC(=O)CCCCCCCCCCCCCCCCCCCCCCCCCCC. The normalized spacial score (nSPS) is 13.0. The lowest BCUT2D eigenvalue weighted by atomic mass is 10.0. The number of ether oxygens (including phenoxy) is 3. The maximum absolute atomic E-state index is 12.9. The van der Waals surface area contributed by atoms with E-state index >= 15 is 0 Å². The molecule has 0 saturated carbocycles. The van der Waals surface area contributed by atoms with Crippen molar-refractivity contribution >= 4 is 17.9 Å². The van der Waals surface area contributed by atoms with E-state index in [1.807, 2.05) is 6.08 Å². The van der Waals surface area contributed by atoms with E-state index in [9.17, 15) is 14.4 Å². The number of esters is 3. The predicted octanol–water partition coefficient (Wildman–Crippen LogP) is 23.3. The third kappa shape index (κ3) is 66.2. The largest absolute Gasteiger partial charge is 0.462 e. The molecule has 0 aromatic rings. The maximum atomic E-state index is 12.9. The maximum Gasteiger partial charge on any atom is 0.309 e. The van der Waals surface area contributed by atoms with E-state index < -0.39 is 12.1 Å². The van der Waals surface area contributed by atoms with Gasteiger partial charge in [0.1, 0.15) is 13.2 Å². The van der Waals surface area contributed by atoms with Gasteiger partial charge in [-0.1, -0.05) is 321 Å². The zero-order chi connectivity index (χ0) is 58.5. The summed E-state index contributed by atoms with van der Waals surface area (Å²) >= 11 is 0. The van der Waals surface area contributed by atoms with Crippen molar-refractivity contribution in [3.63, 3.8) is 0 Å². The molecule has 0 spiro atoms. The lowest BCUT2D eigenvalue weighted by Gasteiger charge is -2.18. The Bertz CT molecular complexity index is 1720. The van der Waals surface area contributed by atoms with Crippen LogP contribution in [0.4, 0.5) is 0 Å². The molecule has 0 aromatic carbocycles. The van der Waals surface area contributed by atoms with Crippen molar-refractivity contribution in [2.45, 2.75) is 309 Å². The number of hydrogen-bond donors (Lipinski definition) is 0. The van der Waals surface area contributed by atoms with E-state index in [2.05, 4.69) is 142 Å². The molecule has 0 aliphatic carbocycles. The molecule has 1 atom stereocenters. The predicted molar refractivity (Wildman–Crippen MR) is 353 cm³/mol. The summed E-state index contributed by atoms with van der Waals surface area (Å²) in [6, 6.07) is 0. The average Bonchev–Trinajstić information content (AvgIpc) is 3.47. The first kappa shape index (κ1) is 76.5. The Morgan fingerprint density at radius 2 is 0.531 bits per heavy atom. The van der Waals surface area contributed by atoms with Crippen LogP contribution in [0, 0.1) is 0 Å². The highest BCUT2D eigenvalue weighted by Gasteiger charge is 2.19. The van der Waals surface area contributed by atoms with Crippen LogP contribution in [-0.2, 0) is 28.6 Å². The second kappa shape index (κ2) is 68.1. The van der Waals surface area contributed by atoms with Crippen LogP contribution >= 0.6 is 0 Å². The van der Waals surface area contributed by atoms with Gasteiger partial charge in [-0.05, 0) is 96.3 Å². The standard InChI is InChI=1S/C75H124O6/c1-4-7-10-13-16-19-22-25-28-30-32-34-36-37-39-40-42-44-47-50-53-56-59-62-65-68-74(77)80-71-72(70-79-73(76)67-64-61-58-55-52-49-46-27-24-21-18-15-12-9-6-3)81-75(78)69-66-63-60-57-54-51-48-45-43-41-38-35-33-31-29-26-23-20-17-14-11-8-5-2/h8-9,11-12,17-18,20-21,26-27,29,33,35,41,43,46,48,51-52,55,61,64,72H,4-7,10,13-16,19,22-25,28,30-32,34,36-40,42,44-45,47,49-50,53-54,56-60,62-63,65-71H2,1-3H3/b11-8-,12-9-,20-17-,21-18-,29-26-,35-33-,43-41-,46-27-,51-48-,55-52-,64-61-. The van der Waals surface area contributed by atoms with E-state index in [4.69, 9.17) is 14.2 Å². The van der Waals surface area contributed by atoms with Gasteiger partial charge < -0.3 is 14.2 Å². The molecule has 0 heterocycles. The number of hydrogen-bond acceptors (Lipinski definition) is 6. The second-order valence-electron chi connectivity index (χ2n) is 22.0. The molecule has 6 heteroatoms. The highest BCUT2D eigenvalue weighted by molar-refractivity contribution is 5.72. The van der Waals surface area contributed by atoms with Gasteiger partial charge in [0.2, 0.25) is 0 Å². The summed E-state index contributed by atoms with van der Waals surface area (Å²) in [4.78, 5) is 38.3. The summed E-state index contributed by atoms with van der Waals surface area (Å²) in [5.41, 5.74) is 0. The highest BCUT2D eigenvalue weighted by Crippen LogP contribution is 2.17. The molecule has 0 rings (SSSR count). The minimum absolute atomic E-state index is 0.117. The summed E-state index contributed by atoms with van der Waals surface area (Å²) in [7, 11) is 0. The molecule has 0 bridgehead atoms. The van der Waals surface area contributed by atoms with Gasteiger partial charge in [-0.25, -0.2) is 0 Å². The Morgan fingerprint density at radius 3 is 0.864 bits per heavy atom. The van der Waals surface area contributed by atoms with E-state index in [0.29, 0.717) is 6.42 Å². The Labute approximate surface area is 500 Å². The molecule has 0 amide bonds. The highest BCUT2D eigenvalue weighted by atomic mass is 16.6. The molecule has 6 nitrogen and oxygen atoms in total. The topological polar surface area (TPSA) is 78.9 Å². The quantitative estimate of drug-likeness (QED) is 0.0261. The first-order valence-electron chi connectivity index (χ1n) is 33.7. The third-order valence-electron chi connectivity index (χ3n) is 14.2. The van der Waals surface area contributed by atoms with Crippen LogP contribution in [0.2, 0.25) is 0 Å². The van der Waals surface area contributed by atoms with Crippen LogP contribution in [0.3, 0.4) is 0 Å². The van der Waals surface area contributed by atoms with Crippen molar-refractivity contribution in [3.05, 3.63) is 134 Å². The minimum Gasteiger partial charge on any atom is -0.462 e. The molecule has 0 N–H and O–H groups in total. The smallest absolute Gasteiger partial charge is 0.309 e. The molecule has 1 unspecified atom stereocenters. The van der Waals surface area contributed by atoms with Crippen LogP contribution in [0.15, 0.2) is 134 Å². The van der Waals surface area contributed by atoms with Gasteiger partial charge in [0.15, 0.2) is 6.10 Å². The molecule has 460 valence electrons. The first-order chi connectivity index (χ1) is 40.0. The number of carbonyl (C=O) groups excluding carboxylic acids is 3. The fourth-order valence-corrected chi connectivity index (χ4v) is 9.23. The van der Waals surface area contributed by atoms with E-state index in [0.717, 1.165) is 122 Å². The number of rotatable bonds is 60. The van der Waals surface area contributed by atoms with Gasteiger partial charge >= 0.3 is 17.9 Å². The number of unbranched alkanes of at least 4 members (excludes halogenated alkanes) is 28. The van der Waals surface area contributed by atoms with Crippen LogP contribution in [-0.4, -0.2) is 37.2 Å². The van der Waals surface area contributed by atoms with Crippen molar-refractivity contribution in [2.24, 2.45) is 0 Å². The molecule has 0 saturated heterocycles. The van der Waals surface area contributed by atoms with Gasteiger partial charge in [-0.2, -0.15) is 0 Å². The molecule has 0 aliphatic heterocycles. The summed E-state index contributed by atoms with van der Waals surface area (Å²) in [6.07, 6.45) is 96.4. The molecular weight excluding hydrogens is 997 g/mol. The van der Waals surface area contributed by atoms with Gasteiger partial charge in [-0.15, -0.1) is 0 Å². The van der Waals surface area contributed by atoms with Gasteiger partial charge in [0, 0.05) is 12.8 Å². The number of allylic oxidation sites excluding steroid dienone is 21. The molecule has 0 aliphatic rings. The van der Waals surface area contributed by atoms with Crippen molar-refractivity contribution in [1.29, 1.82) is 0 Å². The third-order valence-corrected chi connectivity index (χ3v) is 14.2. The van der Waals surface area contributed by atoms with E-state index in [1.165, 1.54) is 141 Å². The summed E-state index contributed by atoms with van der Waals surface area (Å²) in [5, 5.41) is 0. The second-order valence-corrected chi connectivity index (χ2v) is 22.0. The monoisotopic (exact) mass is 1120 g/mol. The van der Waals surface area contributed by atoms with Crippen LogP contribution in [0.25, 0.3) is 0 Å². The fraction of sp³-hybridized carbons (Fsp3) is 0.667. The molecule has 81 heavy (non-hydrogen) atoms. The molecule has 0 aromatic heterocycles. The van der Waals surface area contributed by atoms with Crippen LogP contribution < -0.4 is 0 Å². The van der Waals surface area contributed by atoms with Crippen LogP contribution in [0.5, 0.6) is 0 Å². The zero-order valence-corrected chi connectivity index (χ0v) is 52.8. The Morgan fingerprint density at radius 1 is 0.272 bits per heavy atom. The minimum atomic E-state index is -0.837. The summed E-state index contributed by atoms with van der Waals surface area (Å²) < 4.78 is 16.8. The van der Waals surface area contributed by atoms with Gasteiger partial charge in [0.05, 0.1) is 6.42 Å². The Hall–Kier alpha value is -4.45. The summed E-state index contributed by atoms with van der Waals surface area (Å²) in [5.74, 6) is -1.07. The van der Waals surface area contributed by atoms with Crippen LogP contribution in [0.1, 0.15) is 303 Å². The fourth-order valence-electron chi connectivity index (χ4n) is 9.23. The van der Waals surface area contributed by atoms with Crippen molar-refractivity contribution < 1.29 is 28.6 Å². The van der Waals surface area contributed by atoms with E-state index in [1.54, 1.807) is 6.08 Å². The lowest BCUT2D eigenvalue weighted by molar-refractivity contribution is -0.166. The average molecular weight is 1120 g/mol. The Kier molecular flexibility index (Phi) is 64.3. The van der Waals surface area contributed by atoms with Crippen molar-refractivity contribution in [3.8, 4) is 0 Å².